The number of methoxy groups -OCH3 is 1. The molecule has 1 heterocycles. The topological polar surface area (TPSA) is 67.9 Å². The van der Waals surface area contributed by atoms with Crippen molar-refractivity contribution < 1.29 is 17.9 Å². The predicted octanol–water partition coefficient (Wildman–Crippen LogP) is 2.83. The van der Waals surface area contributed by atoms with Crippen LogP contribution in [0.5, 0.6) is 5.75 Å². The van der Waals surface area contributed by atoms with Gasteiger partial charge >= 0.3 is 0 Å². The van der Waals surface area contributed by atoms with Crippen molar-refractivity contribution in [3.63, 3.8) is 0 Å². The summed E-state index contributed by atoms with van der Waals surface area (Å²) in [6.45, 7) is 3.89. The van der Waals surface area contributed by atoms with Crippen LogP contribution in [0.2, 0.25) is 0 Å². The van der Waals surface area contributed by atoms with Gasteiger partial charge in [0.15, 0.2) is 0 Å². The number of hydrogen-bond acceptors (Lipinski definition) is 5. The van der Waals surface area contributed by atoms with E-state index in [0.717, 1.165) is 39.1 Å². The molecule has 2 aromatic rings. The summed E-state index contributed by atoms with van der Waals surface area (Å²) >= 11 is 0. The number of benzene rings is 2. The van der Waals surface area contributed by atoms with Crippen molar-refractivity contribution in [2.75, 3.05) is 39.9 Å². The molecule has 0 amide bonds. The smallest absolute Gasteiger partial charge is 0.240 e. The first-order valence-corrected chi connectivity index (χ1v) is 11.1. The van der Waals surface area contributed by atoms with Crippen molar-refractivity contribution >= 4 is 10.0 Å². The Morgan fingerprint density at radius 2 is 1.86 bits per heavy atom. The van der Waals surface area contributed by atoms with E-state index in [1.807, 2.05) is 18.2 Å². The lowest BCUT2D eigenvalue weighted by atomic mass is 10.1. The first kappa shape index (κ1) is 20.8. The number of unbranched alkanes of at least 4 members (excludes halogenated alkanes) is 1. The van der Waals surface area contributed by atoms with E-state index in [2.05, 4.69) is 21.8 Å². The van der Waals surface area contributed by atoms with Gasteiger partial charge in [-0.2, -0.15) is 0 Å². The van der Waals surface area contributed by atoms with E-state index in [0.29, 0.717) is 12.3 Å². The van der Waals surface area contributed by atoms with Gasteiger partial charge in [-0.25, -0.2) is 13.1 Å². The Morgan fingerprint density at radius 3 is 2.57 bits per heavy atom. The molecule has 1 saturated heterocycles. The Hall–Kier alpha value is -1.93. The molecule has 2 aromatic carbocycles. The van der Waals surface area contributed by atoms with Gasteiger partial charge in [-0.05, 0) is 49.2 Å². The summed E-state index contributed by atoms with van der Waals surface area (Å²) in [5, 5.41) is 0. The number of rotatable bonds is 9. The fourth-order valence-corrected chi connectivity index (χ4v) is 4.35. The number of sulfonamides is 1. The van der Waals surface area contributed by atoms with Crippen LogP contribution in [0.15, 0.2) is 59.5 Å². The molecule has 1 aliphatic heterocycles. The van der Waals surface area contributed by atoms with Crippen molar-refractivity contribution in [1.82, 2.24) is 9.62 Å². The predicted molar refractivity (Wildman–Crippen MR) is 109 cm³/mol. The minimum Gasteiger partial charge on any atom is -0.497 e. The largest absolute Gasteiger partial charge is 0.497 e. The van der Waals surface area contributed by atoms with Crippen LogP contribution < -0.4 is 9.46 Å². The summed E-state index contributed by atoms with van der Waals surface area (Å²) in [6.07, 6.45) is 1.85. The summed E-state index contributed by atoms with van der Waals surface area (Å²) in [5.41, 5.74) is 1.21. The average Bonchev–Trinajstić information content (AvgIpc) is 2.74. The summed E-state index contributed by atoms with van der Waals surface area (Å²) in [5.74, 6) is 0.637. The fraction of sp³-hybridized carbons (Fsp3) is 0.429. The molecule has 1 atom stereocenters. The highest BCUT2D eigenvalue weighted by Gasteiger charge is 2.21. The molecular formula is C21H28N2O4S. The van der Waals surface area contributed by atoms with Gasteiger partial charge in [0.2, 0.25) is 10.0 Å². The van der Waals surface area contributed by atoms with E-state index in [1.165, 1.54) is 5.56 Å². The van der Waals surface area contributed by atoms with Crippen molar-refractivity contribution in [3.8, 4) is 5.75 Å². The third kappa shape index (κ3) is 5.78. The normalized spacial score (nSPS) is 18.1. The van der Waals surface area contributed by atoms with E-state index in [4.69, 9.17) is 9.47 Å². The SMILES string of the molecule is COc1ccc(S(=O)(=O)NCCCCN2CCOC(c3ccccc3)C2)cc1. The molecule has 3 rings (SSSR count). The van der Waals surface area contributed by atoms with Crippen LogP contribution in [0.3, 0.4) is 0 Å². The molecule has 0 spiro atoms. The lowest BCUT2D eigenvalue weighted by Gasteiger charge is -2.33. The fourth-order valence-electron chi connectivity index (χ4n) is 3.28. The van der Waals surface area contributed by atoms with Gasteiger partial charge in [0.1, 0.15) is 5.75 Å². The second kappa shape index (κ2) is 10.0. The number of ether oxygens (including phenoxy) is 2. The van der Waals surface area contributed by atoms with Crippen LogP contribution in [0.1, 0.15) is 24.5 Å². The molecule has 6 nitrogen and oxygen atoms in total. The Morgan fingerprint density at radius 1 is 1.11 bits per heavy atom. The summed E-state index contributed by atoms with van der Waals surface area (Å²) < 4.78 is 38.3. The molecule has 0 saturated carbocycles. The minimum atomic E-state index is -3.47. The summed E-state index contributed by atoms with van der Waals surface area (Å²) in [6, 6.07) is 16.7. The van der Waals surface area contributed by atoms with Crippen molar-refractivity contribution in [2.24, 2.45) is 0 Å². The maximum absolute atomic E-state index is 12.3. The second-order valence-electron chi connectivity index (χ2n) is 6.85. The highest BCUT2D eigenvalue weighted by molar-refractivity contribution is 7.89. The third-order valence-corrected chi connectivity index (χ3v) is 6.36. The lowest BCUT2D eigenvalue weighted by Crippen LogP contribution is -2.39. The van der Waals surface area contributed by atoms with Crippen molar-refractivity contribution in [3.05, 3.63) is 60.2 Å². The Bertz CT molecular complexity index is 825. The van der Waals surface area contributed by atoms with Crippen LogP contribution in [0.25, 0.3) is 0 Å². The van der Waals surface area contributed by atoms with Gasteiger partial charge in [0.05, 0.1) is 24.7 Å². The van der Waals surface area contributed by atoms with Crippen LogP contribution in [0.4, 0.5) is 0 Å². The van der Waals surface area contributed by atoms with Crippen LogP contribution >= 0.6 is 0 Å². The molecular weight excluding hydrogens is 376 g/mol. The molecule has 0 aliphatic carbocycles. The van der Waals surface area contributed by atoms with Crippen LogP contribution in [-0.4, -0.2) is 53.2 Å². The standard InChI is InChI=1S/C21H28N2O4S/c1-26-19-9-11-20(12-10-19)28(24,25)22-13-5-6-14-23-15-16-27-21(17-23)18-7-3-2-4-8-18/h2-4,7-12,21-22H,5-6,13-17H2,1H3. The summed E-state index contributed by atoms with van der Waals surface area (Å²) in [4.78, 5) is 2.64. The van der Waals surface area contributed by atoms with Crippen LogP contribution in [0, 0.1) is 0 Å². The average molecular weight is 405 g/mol. The van der Waals surface area contributed by atoms with Gasteiger partial charge in [-0.15, -0.1) is 0 Å². The van der Waals surface area contributed by atoms with E-state index < -0.39 is 10.0 Å². The monoisotopic (exact) mass is 404 g/mol. The van der Waals surface area contributed by atoms with Crippen LogP contribution in [-0.2, 0) is 14.8 Å². The van der Waals surface area contributed by atoms with E-state index in [-0.39, 0.29) is 11.0 Å². The summed E-state index contributed by atoms with van der Waals surface area (Å²) in [7, 11) is -1.92. The first-order valence-electron chi connectivity index (χ1n) is 9.61. The molecule has 1 aliphatic rings. The number of nitrogens with one attached hydrogen (secondary N) is 1. The molecule has 0 aromatic heterocycles. The van der Waals surface area contributed by atoms with E-state index in [1.54, 1.807) is 31.4 Å². The number of nitrogens with zero attached hydrogens (tertiary/aromatic N) is 1. The van der Waals surface area contributed by atoms with E-state index in [9.17, 15) is 8.42 Å². The lowest BCUT2D eigenvalue weighted by molar-refractivity contribution is -0.0303. The van der Waals surface area contributed by atoms with Gasteiger partial charge in [-0.3, -0.25) is 4.90 Å². The maximum Gasteiger partial charge on any atom is 0.240 e. The number of hydrogen-bond donors (Lipinski definition) is 1. The molecule has 1 N–H and O–H groups in total. The maximum atomic E-state index is 12.3. The molecule has 0 radical (unpaired) electrons. The van der Waals surface area contributed by atoms with Gasteiger partial charge in [-0.1, -0.05) is 30.3 Å². The van der Waals surface area contributed by atoms with E-state index >= 15 is 0 Å². The zero-order chi connectivity index (χ0) is 19.8. The minimum absolute atomic E-state index is 0.114. The van der Waals surface area contributed by atoms with Gasteiger partial charge < -0.3 is 9.47 Å². The Labute approximate surface area is 167 Å². The molecule has 152 valence electrons. The van der Waals surface area contributed by atoms with Gasteiger partial charge in [0.25, 0.3) is 0 Å². The third-order valence-electron chi connectivity index (χ3n) is 4.88. The highest BCUT2D eigenvalue weighted by atomic mass is 32.2. The quantitative estimate of drug-likeness (QED) is 0.651. The molecule has 28 heavy (non-hydrogen) atoms. The first-order chi connectivity index (χ1) is 13.6. The van der Waals surface area contributed by atoms with Crippen molar-refractivity contribution in [2.45, 2.75) is 23.8 Å². The Balaban J connectivity index is 1.39. The zero-order valence-electron chi connectivity index (χ0n) is 16.2. The zero-order valence-corrected chi connectivity index (χ0v) is 17.0. The molecule has 7 heteroatoms. The Kier molecular flexibility index (Phi) is 7.44. The van der Waals surface area contributed by atoms with Crippen molar-refractivity contribution in [1.29, 1.82) is 0 Å². The molecule has 1 fully saturated rings. The highest BCUT2D eigenvalue weighted by Crippen LogP contribution is 2.22. The molecule has 1 unspecified atom stereocenters. The molecule has 0 bridgehead atoms. The van der Waals surface area contributed by atoms with Gasteiger partial charge in [0, 0.05) is 19.6 Å². The number of morpholine rings is 1. The second-order valence-corrected chi connectivity index (χ2v) is 8.62.